The van der Waals surface area contributed by atoms with Crippen molar-refractivity contribution in [1.29, 1.82) is 0 Å². The largest absolute Gasteiger partial charge is 0.331 e. The topological polar surface area (TPSA) is 83.6 Å². The molecule has 33 heavy (non-hydrogen) atoms. The summed E-state index contributed by atoms with van der Waals surface area (Å²) in [5.74, 6) is -0.122. The van der Waals surface area contributed by atoms with E-state index in [9.17, 15) is 18.0 Å². The Bertz CT molecular complexity index is 1260. The highest BCUT2D eigenvalue weighted by atomic mass is 32.2. The van der Waals surface area contributed by atoms with Crippen LogP contribution in [-0.2, 0) is 23.0 Å². The minimum Gasteiger partial charge on any atom is -0.331 e. The summed E-state index contributed by atoms with van der Waals surface area (Å²) in [6.45, 7) is 4.34. The fourth-order valence-electron chi connectivity index (χ4n) is 4.14. The van der Waals surface area contributed by atoms with Crippen molar-refractivity contribution >= 4 is 33.1 Å². The minimum absolute atomic E-state index is 0.00334. The van der Waals surface area contributed by atoms with Crippen molar-refractivity contribution < 1.29 is 18.0 Å². The quantitative estimate of drug-likeness (QED) is 0.500. The lowest BCUT2D eigenvalue weighted by atomic mass is 9.96. The number of nitrogens with one attached hydrogen (secondary N) is 1. The van der Waals surface area contributed by atoms with E-state index in [-0.39, 0.29) is 29.2 Å². The molecule has 1 unspecified atom stereocenters. The predicted octanol–water partition coefficient (Wildman–Crippen LogP) is 4.58. The number of thiophene rings is 1. The standard InChI is InChI=1S/C25H26N2O4S2/c1-3-23-22-13-15-32-24(22)12-14-27(23)25(29)20-6-4-18(5-7-20)16-26-33(30,31)21-10-8-19(9-11-21)17(2)28/h4-11,13,15,23,26H,3,12,14,16H2,1-2H3. The van der Waals surface area contributed by atoms with Crippen LogP contribution in [-0.4, -0.2) is 31.6 Å². The fraction of sp³-hybridized carbons (Fsp3) is 0.280. The van der Waals surface area contributed by atoms with Gasteiger partial charge in [0, 0.05) is 29.1 Å². The number of carbonyl (C=O) groups excluding carboxylic acids is 2. The van der Waals surface area contributed by atoms with Gasteiger partial charge in [-0.25, -0.2) is 13.1 Å². The van der Waals surface area contributed by atoms with Gasteiger partial charge in [-0.2, -0.15) is 0 Å². The summed E-state index contributed by atoms with van der Waals surface area (Å²) in [6, 6.07) is 15.1. The molecule has 1 amide bonds. The summed E-state index contributed by atoms with van der Waals surface area (Å²) < 4.78 is 27.7. The number of amides is 1. The Morgan fingerprint density at radius 3 is 2.33 bits per heavy atom. The van der Waals surface area contributed by atoms with E-state index < -0.39 is 10.0 Å². The van der Waals surface area contributed by atoms with E-state index in [2.05, 4.69) is 23.1 Å². The maximum atomic E-state index is 13.2. The van der Waals surface area contributed by atoms with Crippen LogP contribution in [0.25, 0.3) is 0 Å². The van der Waals surface area contributed by atoms with Crippen LogP contribution in [0, 0.1) is 0 Å². The van der Waals surface area contributed by atoms with Crippen LogP contribution < -0.4 is 4.72 Å². The summed E-state index contributed by atoms with van der Waals surface area (Å²) in [5, 5.41) is 2.09. The van der Waals surface area contributed by atoms with Crippen molar-refractivity contribution in [1.82, 2.24) is 9.62 Å². The Kier molecular flexibility index (Phi) is 6.78. The summed E-state index contributed by atoms with van der Waals surface area (Å²) >= 11 is 1.75. The zero-order valence-corrected chi connectivity index (χ0v) is 20.2. The Labute approximate surface area is 198 Å². The third-order valence-electron chi connectivity index (χ3n) is 5.98. The zero-order valence-electron chi connectivity index (χ0n) is 18.6. The van der Waals surface area contributed by atoms with Gasteiger partial charge in [-0.15, -0.1) is 11.3 Å². The van der Waals surface area contributed by atoms with Crippen molar-refractivity contribution in [2.75, 3.05) is 6.54 Å². The molecule has 1 aliphatic heterocycles. The minimum atomic E-state index is -3.71. The number of hydrogen-bond acceptors (Lipinski definition) is 5. The molecule has 0 bridgehead atoms. The summed E-state index contributed by atoms with van der Waals surface area (Å²) in [5.41, 5.74) is 3.06. The molecule has 0 saturated carbocycles. The third-order valence-corrected chi connectivity index (χ3v) is 8.39. The molecule has 172 valence electrons. The first-order chi connectivity index (χ1) is 15.8. The first kappa shape index (κ1) is 23.4. The molecule has 3 aromatic rings. The van der Waals surface area contributed by atoms with E-state index in [1.165, 1.54) is 41.6 Å². The number of sulfonamides is 1. The Morgan fingerprint density at radius 2 is 1.70 bits per heavy atom. The normalized spacial score (nSPS) is 15.8. The molecule has 1 atom stereocenters. The van der Waals surface area contributed by atoms with Gasteiger partial charge in [-0.05, 0) is 66.6 Å². The molecule has 0 fully saturated rings. The molecule has 1 N–H and O–H groups in total. The number of ketones is 1. The lowest BCUT2D eigenvalue weighted by Gasteiger charge is -2.35. The third kappa shape index (κ3) is 4.93. The maximum Gasteiger partial charge on any atom is 0.254 e. The van der Waals surface area contributed by atoms with Crippen LogP contribution in [0.5, 0.6) is 0 Å². The van der Waals surface area contributed by atoms with Crippen molar-refractivity contribution in [2.45, 2.75) is 44.2 Å². The molecule has 0 spiro atoms. The average molecular weight is 483 g/mol. The van der Waals surface area contributed by atoms with E-state index in [1.54, 1.807) is 35.6 Å². The number of benzene rings is 2. The monoisotopic (exact) mass is 482 g/mol. The van der Waals surface area contributed by atoms with E-state index >= 15 is 0 Å². The van der Waals surface area contributed by atoms with Crippen molar-refractivity contribution in [2.24, 2.45) is 0 Å². The highest BCUT2D eigenvalue weighted by molar-refractivity contribution is 7.89. The van der Waals surface area contributed by atoms with Gasteiger partial charge in [0.2, 0.25) is 10.0 Å². The van der Waals surface area contributed by atoms with Gasteiger partial charge in [0.25, 0.3) is 5.91 Å². The molecule has 0 radical (unpaired) electrons. The molecule has 6 nitrogen and oxygen atoms in total. The van der Waals surface area contributed by atoms with Gasteiger partial charge < -0.3 is 4.90 Å². The first-order valence-electron chi connectivity index (χ1n) is 10.9. The van der Waals surface area contributed by atoms with Gasteiger partial charge >= 0.3 is 0 Å². The van der Waals surface area contributed by atoms with Crippen LogP contribution in [0.3, 0.4) is 0 Å². The Balaban J connectivity index is 1.42. The second-order valence-corrected chi connectivity index (χ2v) is 10.8. The molecule has 2 heterocycles. The second-order valence-electron chi connectivity index (χ2n) is 8.07. The molecule has 4 rings (SSSR count). The van der Waals surface area contributed by atoms with Crippen molar-refractivity contribution in [3.8, 4) is 0 Å². The highest BCUT2D eigenvalue weighted by Crippen LogP contribution is 2.36. The number of carbonyl (C=O) groups is 2. The Hall–Kier alpha value is -2.81. The molecule has 1 aromatic heterocycles. The predicted molar refractivity (Wildman–Crippen MR) is 129 cm³/mol. The van der Waals surface area contributed by atoms with Crippen LogP contribution in [0.4, 0.5) is 0 Å². The number of fused-ring (bicyclic) bond motifs is 1. The fourth-order valence-corrected chi connectivity index (χ4v) is 6.09. The molecule has 8 heteroatoms. The molecule has 0 aliphatic carbocycles. The SMILES string of the molecule is CCC1c2ccsc2CCN1C(=O)c1ccc(CNS(=O)(=O)c2ccc(C(C)=O)cc2)cc1. The molecule has 2 aromatic carbocycles. The van der Waals surface area contributed by atoms with E-state index in [0.717, 1.165) is 18.4 Å². The molecular weight excluding hydrogens is 456 g/mol. The average Bonchev–Trinajstić information content (AvgIpc) is 3.31. The summed E-state index contributed by atoms with van der Waals surface area (Å²) in [4.78, 5) is 28.0. The summed E-state index contributed by atoms with van der Waals surface area (Å²) in [6.07, 6.45) is 1.74. The van der Waals surface area contributed by atoms with Crippen molar-refractivity contribution in [3.05, 3.63) is 87.1 Å². The van der Waals surface area contributed by atoms with Gasteiger partial charge in [0.1, 0.15) is 0 Å². The molecule has 0 saturated heterocycles. The van der Waals surface area contributed by atoms with Crippen LogP contribution >= 0.6 is 11.3 Å². The number of Topliss-reactive ketones (excluding diaryl/α,β-unsaturated/α-hetero) is 1. The van der Waals surface area contributed by atoms with Gasteiger partial charge in [-0.1, -0.05) is 31.2 Å². The van der Waals surface area contributed by atoms with Gasteiger partial charge in [0.05, 0.1) is 10.9 Å². The van der Waals surface area contributed by atoms with Crippen molar-refractivity contribution in [3.63, 3.8) is 0 Å². The second kappa shape index (κ2) is 9.59. The number of rotatable bonds is 7. The maximum absolute atomic E-state index is 13.2. The van der Waals surface area contributed by atoms with E-state index in [1.807, 2.05) is 4.90 Å². The zero-order chi connectivity index (χ0) is 23.6. The molecular formula is C25H26N2O4S2. The Morgan fingerprint density at radius 1 is 1.03 bits per heavy atom. The number of nitrogens with zero attached hydrogens (tertiary/aromatic N) is 1. The van der Waals surface area contributed by atoms with Gasteiger partial charge in [-0.3, -0.25) is 9.59 Å². The van der Waals surface area contributed by atoms with Gasteiger partial charge in [0.15, 0.2) is 5.78 Å². The van der Waals surface area contributed by atoms with Crippen LogP contribution in [0.1, 0.15) is 63.0 Å². The van der Waals surface area contributed by atoms with Crippen LogP contribution in [0.2, 0.25) is 0 Å². The van der Waals surface area contributed by atoms with E-state index in [4.69, 9.17) is 0 Å². The lowest BCUT2D eigenvalue weighted by molar-refractivity contribution is 0.0657. The first-order valence-corrected chi connectivity index (χ1v) is 13.2. The highest BCUT2D eigenvalue weighted by Gasteiger charge is 2.30. The summed E-state index contributed by atoms with van der Waals surface area (Å²) in [7, 11) is -3.71. The smallest absolute Gasteiger partial charge is 0.254 e. The van der Waals surface area contributed by atoms with Crippen LogP contribution in [0.15, 0.2) is 64.9 Å². The molecule has 1 aliphatic rings. The number of hydrogen-bond donors (Lipinski definition) is 1. The lowest BCUT2D eigenvalue weighted by Crippen LogP contribution is -2.39. The van der Waals surface area contributed by atoms with E-state index in [0.29, 0.717) is 17.7 Å².